The van der Waals surface area contributed by atoms with Crippen LogP contribution in [0.25, 0.3) is 0 Å². The van der Waals surface area contributed by atoms with Crippen molar-refractivity contribution in [3.8, 4) is 5.75 Å². The number of carbonyl (C=O) groups is 2. The highest BCUT2D eigenvalue weighted by molar-refractivity contribution is 5.97. The van der Waals surface area contributed by atoms with Gasteiger partial charge in [-0.05, 0) is 37.1 Å². The quantitative estimate of drug-likeness (QED) is 0.788. The number of anilines is 1. The molecule has 1 fully saturated rings. The van der Waals surface area contributed by atoms with Crippen molar-refractivity contribution in [3.05, 3.63) is 59.7 Å². The van der Waals surface area contributed by atoms with E-state index in [9.17, 15) is 9.59 Å². The molecule has 1 aliphatic heterocycles. The molecule has 7 nitrogen and oxygen atoms in total. The number of nitrogens with one attached hydrogen (secondary N) is 1. The van der Waals surface area contributed by atoms with Crippen molar-refractivity contribution >= 4 is 17.7 Å². The Balaban J connectivity index is 1.80. The molecule has 3 rings (SSSR count). The van der Waals surface area contributed by atoms with Crippen LogP contribution in [0.3, 0.4) is 0 Å². The lowest BCUT2D eigenvalue weighted by Gasteiger charge is -2.38. The molecule has 1 saturated heterocycles. The molecule has 2 aromatic rings. The maximum absolute atomic E-state index is 13.4. The Labute approximate surface area is 177 Å². The van der Waals surface area contributed by atoms with Crippen LogP contribution in [0.2, 0.25) is 0 Å². The van der Waals surface area contributed by atoms with E-state index in [4.69, 9.17) is 9.47 Å². The van der Waals surface area contributed by atoms with E-state index in [1.165, 1.54) is 0 Å². The number of hydrogen-bond donors (Lipinski definition) is 1. The molecule has 0 aromatic heterocycles. The highest BCUT2D eigenvalue weighted by Crippen LogP contribution is 2.29. The summed E-state index contributed by atoms with van der Waals surface area (Å²) in [6, 6.07) is 14.9. The highest BCUT2D eigenvalue weighted by atomic mass is 16.6. The predicted octanol–water partition coefficient (Wildman–Crippen LogP) is 3.46. The summed E-state index contributed by atoms with van der Waals surface area (Å²) in [7, 11) is 1.59. The molecule has 1 aliphatic rings. The van der Waals surface area contributed by atoms with Gasteiger partial charge in [0.2, 0.25) is 5.91 Å². The SMILES string of the molecule is CCOC(=O)N1CCN([C@H](C(=O)Nc2cc(C)ccc2OC)c2ccccc2)CC1. The van der Waals surface area contributed by atoms with Gasteiger partial charge in [-0.2, -0.15) is 0 Å². The van der Waals surface area contributed by atoms with E-state index in [1.807, 2.05) is 55.5 Å². The second-order valence-corrected chi connectivity index (χ2v) is 7.23. The van der Waals surface area contributed by atoms with E-state index in [1.54, 1.807) is 18.9 Å². The van der Waals surface area contributed by atoms with E-state index in [0.717, 1.165) is 11.1 Å². The van der Waals surface area contributed by atoms with Gasteiger partial charge in [0, 0.05) is 26.2 Å². The van der Waals surface area contributed by atoms with E-state index in [2.05, 4.69) is 10.2 Å². The van der Waals surface area contributed by atoms with Gasteiger partial charge in [-0.1, -0.05) is 36.4 Å². The number of methoxy groups -OCH3 is 1. The van der Waals surface area contributed by atoms with Crippen molar-refractivity contribution in [1.82, 2.24) is 9.80 Å². The number of hydrogen-bond acceptors (Lipinski definition) is 5. The lowest BCUT2D eigenvalue weighted by atomic mass is 10.0. The number of nitrogens with zero attached hydrogens (tertiary/aromatic N) is 2. The molecule has 0 aliphatic carbocycles. The first-order valence-corrected chi connectivity index (χ1v) is 10.2. The summed E-state index contributed by atoms with van der Waals surface area (Å²) in [5, 5.41) is 3.04. The summed E-state index contributed by atoms with van der Waals surface area (Å²) < 4.78 is 10.5. The Bertz CT molecular complexity index is 864. The zero-order chi connectivity index (χ0) is 21.5. The highest BCUT2D eigenvalue weighted by Gasteiger charge is 2.32. The van der Waals surface area contributed by atoms with Gasteiger partial charge in [0.1, 0.15) is 11.8 Å². The Morgan fingerprint density at radius 1 is 1.07 bits per heavy atom. The first-order valence-electron chi connectivity index (χ1n) is 10.2. The molecule has 1 N–H and O–H groups in total. The van der Waals surface area contributed by atoms with Crippen LogP contribution in [0.5, 0.6) is 5.75 Å². The lowest BCUT2D eigenvalue weighted by molar-refractivity contribution is -0.122. The third-order valence-corrected chi connectivity index (χ3v) is 5.18. The monoisotopic (exact) mass is 411 g/mol. The third-order valence-electron chi connectivity index (χ3n) is 5.18. The zero-order valence-electron chi connectivity index (χ0n) is 17.8. The zero-order valence-corrected chi connectivity index (χ0v) is 17.8. The molecular weight excluding hydrogens is 382 g/mol. The average molecular weight is 412 g/mol. The van der Waals surface area contributed by atoms with Crippen LogP contribution in [0.15, 0.2) is 48.5 Å². The van der Waals surface area contributed by atoms with Gasteiger partial charge in [0.05, 0.1) is 19.4 Å². The van der Waals surface area contributed by atoms with E-state index in [0.29, 0.717) is 44.2 Å². The second kappa shape index (κ2) is 10.1. The molecule has 0 saturated carbocycles. The molecule has 7 heteroatoms. The van der Waals surface area contributed by atoms with Crippen LogP contribution in [0.4, 0.5) is 10.5 Å². The minimum atomic E-state index is -0.472. The maximum atomic E-state index is 13.4. The van der Waals surface area contributed by atoms with Gasteiger partial charge >= 0.3 is 6.09 Å². The molecule has 30 heavy (non-hydrogen) atoms. The summed E-state index contributed by atoms with van der Waals surface area (Å²) in [6.07, 6.45) is -0.303. The number of ether oxygens (including phenoxy) is 2. The number of rotatable bonds is 6. The molecule has 1 heterocycles. The summed E-state index contributed by atoms with van der Waals surface area (Å²) in [5.74, 6) is 0.488. The Hall–Kier alpha value is -3.06. The molecule has 2 amide bonds. The normalized spacial score (nSPS) is 15.4. The minimum absolute atomic E-state index is 0.130. The van der Waals surface area contributed by atoms with Crippen molar-refractivity contribution < 1.29 is 19.1 Å². The third kappa shape index (κ3) is 5.10. The van der Waals surface area contributed by atoms with Gasteiger partial charge in [0.25, 0.3) is 0 Å². The van der Waals surface area contributed by atoms with Crippen molar-refractivity contribution in [2.75, 3.05) is 45.2 Å². The Kier molecular flexibility index (Phi) is 7.30. The van der Waals surface area contributed by atoms with Crippen LogP contribution in [-0.2, 0) is 9.53 Å². The summed E-state index contributed by atoms with van der Waals surface area (Å²) >= 11 is 0. The number of aryl methyl sites for hydroxylation is 1. The number of benzene rings is 2. The molecule has 2 aromatic carbocycles. The fraction of sp³-hybridized carbons (Fsp3) is 0.391. The second-order valence-electron chi connectivity index (χ2n) is 7.23. The van der Waals surface area contributed by atoms with Crippen LogP contribution in [0, 0.1) is 6.92 Å². The maximum Gasteiger partial charge on any atom is 0.409 e. The number of carbonyl (C=O) groups excluding carboxylic acids is 2. The smallest absolute Gasteiger partial charge is 0.409 e. The fourth-order valence-electron chi connectivity index (χ4n) is 3.66. The first kappa shape index (κ1) is 21.6. The van der Waals surface area contributed by atoms with Crippen LogP contribution in [-0.4, -0.2) is 61.7 Å². The van der Waals surface area contributed by atoms with Gasteiger partial charge in [0.15, 0.2) is 0 Å². The molecule has 0 spiro atoms. The molecule has 1 atom stereocenters. The largest absolute Gasteiger partial charge is 0.495 e. The van der Waals surface area contributed by atoms with E-state index in [-0.39, 0.29) is 12.0 Å². The standard InChI is InChI=1S/C23H29N3O4/c1-4-30-23(28)26-14-12-25(13-15-26)21(18-8-6-5-7-9-18)22(27)24-19-16-17(2)10-11-20(19)29-3/h5-11,16,21H,4,12-15H2,1-3H3,(H,24,27)/t21-/m0/s1. The van der Waals surface area contributed by atoms with Crippen LogP contribution in [0.1, 0.15) is 24.1 Å². The van der Waals surface area contributed by atoms with Gasteiger partial charge in [-0.15, -0.1) is 0 Å². The molecule has 0 bridgehead atoms. The first-order chi connectivity index (χ1) is 14.5. The van der Waals surface area contributed by atoms with Crippen LogP contribution < -0.4 is 10.1 Å². The molecule has 0 radical (unpaired) electrons. The minimum Gasteiger partial charge on any atom is -0.495 e. The number of piperazine rings is 1. The van der Waals surface area contributed by atoms with E-state index >= 15 is 0 Å². The summed E-state index contributed by atoms with van der Waals surface area (Å²) in [6.45, 7) is 6.31. The van der Waals surface area contributed by atoms with E-state index < -0.39 is 6.04 Å². The number of amides is 2. The Morgan fingerprint density at radius 2 is 1.77 bits per heavy atom. The van der Waals surface area contributed by atoms with Crippen molar-refractivity contribution in [1.29, 1.82) is 0 Å². The van der Waals surface area contributed by atoms with Gasteiger partial charge < -0.3 is 19.7 Å². The predicted molar refractivity (Wildman–Crippen MR) is 116 cm³/mol. The van der Waals surface area contributed by atoms with Crippen LogP contribution >= 0.6 is 0 Å². The topological polar surface area (TPSA) is 71.1 Å². The summed E-state index contributed by atoms with van der Waals surface area (Å²) in [5.41, 5.74) is 2.59. The summed E-state index contributed by atoms with van der Waals surface area (Å²) in [4.78, 5) is 29.2. The van der Waals surface area contributed by atoms with Gasteiger partial charge in [-0.3, -0.25) is 9.69 Å². The lowest BCUT2D eigenvalue weighted by Crippen LogP contribution is -2.51. The molecular formula is C23H29N3O4. The average Bonchev–Trinajstić information content (AvgIpc) is 2.75. The Morgan fingerprint density at radius 3 is 2.40 bits per heavy atom. The fourth-order valence-corrected chi connectivity index (χ4v) is 3.66. The van der Waals surface area contributed by atoms with Gasteiger partial charge in [-0.25, -0.2) is 4.79 Å². The molecule has 160 valence electrons. The van der Waals surface area contributed by atoms with Crippen molar-refractivity contribution in [3.63, 3.8) is 0 Å². The van der Waals surface area contributed by atoms with Crippen molar-refractivity contribution in [2.45, 2.75) is 19.9 Å². The molecule has 0 unspecified atom stereocenters. The van der Waals surface area contributed by atoms with Crippen molar-refractivity contribution in [2.24, 2.45) is 0 Å².